The summed E-state index contributed by atoms with van der Waals surface area (Å²) in [7, 11) is 0. The third-order valence-corrected chi connectivity index (χ3v) is 5.33. The lowest BCUT2D eigenvalue weighted by Crippen LogP contribution is -2.47. The zero-order valence-electron chi connectivity index (χ0n) is 15.2. The highest BCUT2D eigenvalue weighted by Gasteiger charge is 2.22. The zero-order valence-corrected chi connectivity index (χ0v) is 15.9. The molecule has 1 saturated heterocycles. The van der Waals surface area contributed by atoms with E-state index in [2.05, 4.69) is 46.1 Å². The Morgan fingerprint density at radius 2 is 1.44 bits per heavy atom. The summed E-state index contributed by atoms with van der Waals surface area (Å²) in [5.41, 5.74) is 3.66. The molecule has 6 heteroatoms. The summed E-state index contributed by atoms with van der Waals surface area (Å²) in [6, 6.07) is 17.7. The maximum absolute atomic E-state index is 12.7. The molecule has 0 N–H and O–H groups in total. The molecule has 0 bridgehead atoms. The number of benzene rings is 2. The van der Waals surface area contributed by atoms with E-state index in [-0.39, 0.29) is 10.6 Å². The number of aromatic nitrogens is 2. The lowest BCUT2D eigenvalue weighted by molar-refractivity contribution is 0.648. The molecule has 1 aliphatic rings. The van der Waals surface area contributed by atoms with E-state index in [1.54, 1.807) is 6.20 Å². The summed E-state index contributed by atoms with van der Waals surface area (Å²) in [4.78, 5) is 17.2. The monoisotopic (exact) mass is 380 g/mol. The largest absolute Gasteiger partial charge is 0.368 e. The van der Waals surface area contributed by atoms with Gasteiger partial charge in [-0.15, -0.1) is 0 Å². The second kappa shape index (κ2) is 7.45. The van der Waals surface area contributed by atoms with Crippen molar-refractivity contribution in [2.24, 2.45) is 0 Å². The Labute approximate surface area is 163 Å². The van der Waals surface area contributed by atoms with Gasteiger partial charge >= 0.3 is 0 Å². The average molecular weight is 381 g/mol. The highest BCUT2D eigenvalue weighted by atomic mass is 35.5. The summed E-state index contributed by atoms with van der Waals surface area (Å²) in [5, 5.41) is 4.56. The van der Waals surface area contributed by atoms with Gasteiger partial charge in [-0.25, -0.2) is 0 Å². The summed E-state index contributed by atoms with van der Waals surface area (Å²) >= 11 is 6.43. The van der Waals surface area contributed by atoms with E-state index in [0.717, 1.165) is 26.2 Å². The van der Waals surface area contributed by atoms with Crippen molar-refractivity contribution in [1.29, 1.82) is 0 Å². The number of nitrogens with zero attached hydrogens (tertiary/aromatic N) is 4. The van der Waals surface area contributed by atoms with Crippen LogP contribution in [-0.2, 0) is 0 Å². The first-order chi connectivity index (χ1) is 13.1. The number of anilines is 2. The van der Waals surface area contributed by atoms with E-state index in [0.29, 0.717) is 11.4 Å². The molecule has 2 aromatic carbocycles. The van der Waals surface area contributed by atoms with Crippen LogP contribution in [0.1, 0.15) is 5.56 Å². The van der Waals surface area contributed by atoms with Crippen LogP contribution in [0.3, 0.4) is 0 Å². The van der Waals surface area contributed by atoms with Crippen molar-refractivity contribution in [3.8, 4) is 5.69 Å². The number of hydrogen-bond donors (Lipinski definition) is 0. The summed E-state index contributed by atoms with van der Waals surface area (Å²) < 4.78 is 1.34. The number of aryl methyl sites for hydroxylation is 1. The quantitative estimate of drug-likeness (QED) is 0.697. The van der Waals surface area contributed by atoms with Crippen LogP contribution in [0.5, 0.6) is 0 Å². The Morgan fingerprint density at radius 1 is 0.852 bits per heavy atom. The minimum absolute atomic E-state index is 0.221. The molecule has 1 fully saturated rings. The molecule has 3 aromatic rings. The van der Waals surface area contributed by atoms with E-state index in [1.165, 1.54) is 15.9 Å². The molecule has 1 aliphatic heterocycles. The molecular weight excluding hydrogens is 360 g/mol. The topological polar surface area (TPSA) is 41.4 Å². The van der Waals surface area contributed by atoms with Gasteiger partial charge < -0.3 is 9.80 Å². The Hall–Kier alpha value is -2.79. The number of halogens is 1. The lowest BCUT2D eigenvalue weighted by atomic mass is 10.1. The third kappa shape index (κ3) is 3.43. The van der Waals surface area contributed by atoms with Crippen molar-refractivity contribution in [1.82, 2.24) is 9.78 Å². The van der Waals surface area contributed by atoms with Crippen LogP contribution < -0.4 is 15.4 Å². The number of piperazine rings is 1. The van der Waals surface area contributed by atoms with Crippen LogP contribution in [0.2, 0.25) is 5.02 Å². The van der Waals surface area contributed by atoms with Crippen LogP contribution >= 0.6 is 11.6 Å². The number of para-hydroxylation sites is 2. The third-order valence-electron chi connectivity index (χ3n) is 4.98. The van der Waals surface area contributed by atoms with E-state index >= 15 is 0 Å². The Bertz CT molecular complexity index is 995. The molecule has 0 spiro atoms. The summed E-state index contributed by atoms with van der Waals surface area (Å²) in [6.45, 7) is 5.48. The smallest absolute Gasteiger partial charge is 0.292 e. The van der Waals surface area contributed by atoms with Gasteiger partial charge in [0.15, 0.2) is 0 Å². The van der Waals surface area contributed by atoms with Gasteiger partial charge in [0, 0.05) is 31.9 Å². The molecule has 0 saturated carbocycles. The molecule has 2 heterocycles. The lowest BCUT2D eigenvalue weighted by Gasteiger charge is -2.38. The molecule has 0 unspecified atom stereocenters. The van der Waals surface area contributed by atoms with Crippen molar-refractivity contribution >= 4 is 23.0 Å². The van der Waals surface area contributed by atoms with Gasteiger partial charge in [-0.3, -0.25) is 4.79 Å². The number of rotatable bonds is 3. The van der Waals surface area contributed by atoms with Crippen LogP contribution in [0.25, 0.3) is 5.69 Å². The van der Waals surface area contributed by atoms with Gasteiger partial charge in [-0.2, -0.15) is 9.78 Å². The molecule has 0 radical (unpaired) electrons. The summed E-state index contributed by atoms with van der Waals surface area (Å²) in [5.74, 6) is 0. The van der Waals surface area contributed by atoms with Crippen molar-refractivity contribution in [2.75, 3.05) is 36.0 Å². The molecule has 0 amide bonds. The van der Waals surface area contributed by atoms with Gasteiger partial charge in [0.1, 0.15) is 5.02 Å². The van der Waals surface area contributed by atoms with Crippen molar-refractivity contribution < 1.29 is 0 Å². The predicted molar refractivity (Wildman–Crippen MR) is 110 cm³/mol. The van der Waals surface area contributed by atoms with Gasteiger partial charge in [-0.1, -0.05) is 48.0 Å². The fourth-order valence-electron chi connectivity index (χ4n) is 3.50. The predicted octanol–water partition coefficient (Wildman–Crippen LogP) is 3.52. The molecular formula is C21H21ClN4O. The molecule has 1 aromatic heterocycles. The number of hydrogen-bond acceptors (Lipinski definition) is 4. The van der Waals surface area contributed by atoms with Gasteiger partial charge in [0.25, 0.3) is 5.56 Å². The zero-order chi connectivity index (χ0) is 18.8. The molecule has 4 rings (SSSR count). The summed E-state index contributed by atoms with van der Waals surface area (Å²) in [6.07, 6.45) is 1.69. The Morgan fingerprint density at radius 3 is 2.11 bits per heavy atom. The van der Waals surface area contributed by atoms with E-state index < -0.39 is 0 Å². The van der Waals surface area contributed by atoms with Crippen LogP contribution in [0.15, 0.2) is 65.6 Å². The minimum Gasteiger partial charge on any atom is -0.368 e. The van der Waals surface area contributed by atoms with E-state index in [9.17, 15) is 4.79 Å². The molecule has 0 atom stereocenters. The Kier molecular flexibility index (Phi) is 4.86. The van der Waals surface area contributed by atoms with Crippen molar-refractivity contribution in [3.63, 3.8) is 0 Å². The van der Waals surface area contributed by atoms with Crippen molar-refractivity contribution in [2.45, 2.75) is 6.92 Å². The maximum Gasteiger partial charge on any atom is 0.292 e. The van der Waals surface area contributed by atoms with Gasteiger partial charge in [-0.05, 0) is 30.7 Å². The van der Waals surface area contributed by atoms with Crippen LogP contribution in [0.4, 0.5) is 11.4 Å². The van der Waals surface area contributed by atoms with E-state index in [1.807, 2.05) is 30.3 Å². The second-order valence-corrected chi connectivity index (χ2v) is 7.03. The van der Waals surface area contributed by atoms with Crippen molar-refractivity contribution in [3.05, 3.63) is 81.7 Å². The van der Waals surface area contributed by atoms with Gasteiger partial charge in [0.05, 0.1) is 17.6 Å². The molecule has 0 aliphatic carbocycles. The Balaban J connectivity index is 1.55. The molecule has 27 heavy (non-hydrogen) atoms. The van der Waals surface area contributed by atoms with E-state index in [4.69, 9.17) is 11.6 Å². The standard InChI is InChI=1S/C21H21ClN4O/c1-16-7-5-6-10-18(16)24-11-13-25(14-12-24)19-15-23-26(21(27)20(19)22)17-8-3-2-4-9-17/h2-10,15H,11-14H2,1H3. The normalized spacial score (nSPS) is 14.4. The maximum atomic E-state index is 12.7. The highest BCUT2D eigenvalue weighted by molar-refractivity contribution is 6.33. The second-order valence-electron chi connectivity index (χ2n) is 6.66. The molecule has 138 valence electrons. The fraction of sp³-hybridized carbons (Fsp3) is 0.238. The fourth-order valence-corrected chi connectivity index (χ4v) is 3.75. The minimum atomic E-state index is -0.290. The average Bonchev–Trinajstić information content (AvgIpc) is 2.71. The first-order valence-electron chi connectivity index (χ1n) is 9.04. The van der Waals surface area contributed by atoms with Gasteiger partial charge in [0.2, 0.25) is 0 Å². The first-order valence-corrected chi connectivity index (χ1v) is 9.42. The first kappa shape index (κ1) is 17.6. The molecule has 5 nitrogen and oxygen atoms in total. The van der Waals surface area contributed by atoms with Crippen LogP contribution in [0, 0.1) is 6.92 Å². The van der Waals surface area contributed by atoms with Crippen LogP contribution in [-0.4, -0.2) is 36.0 Å². The highest BCUT2D eigenvalue weighted by Crippen LogP contribution is 2.26. The SMILES string of the molecule is Cc1ccccc1N1CCN(c2cnn(-c3ccccc3)c(=O)c2Cl)CC1.